The maximum Gasteiger partial charge on any atom is 0.315 e. The van der Waals surface area contributed by atoms with Gasteiger partial charge in [0.2, 0.25) is 0 Å². The highest BCUT2D eigenvalue weighted by Gasteiger charge is 2.12. The zero-order valence-corrected chi connectivity index (χ0v) is 13.5. The fraction of sp³-hybridized carbons (Fsp3) is 0.125. The number of nitro groups is 1. The van der Waals surface area contributed by atoms with Crippen LogP contribution in [0.1, 0.15) is 10.4 Å². The van der Waals surface area contributed by atoms with E-state index in [0.29, 0.717) is 5.69 Å². The first-order valence-electron chi connectivity index (χ1n) is 6.85. The van der Waals surface area contributed by atoms with Crippen LogP contribution in [0, 0.1) is 10.1 Å². The van der Waals surface area contributed by atoms with Gasteiger partial charge in [-0.15, -0.1) is 11.8 Å². The number of non-ortho nitro benzene ring substituents is 1. The molecule has 1 N–H and O–H groups in total. The minimum atomic E-state index is -0.555. The standard InChI is InChI=1S/C16H14N2O5S/c1-23-15(19)10-24-14-7-3-5-12(9-14)17-16(20)11-4-2-6-13(8-11)18(21)22/h2-9H,10H2,1H3,(H,17,20). The van der Waals surface area contributed by atoms with E-state index in [1.807, 2.05) is 0 Å². The van der Waals surface area contributed by atoms with Crippen molar-refractivity contribution in [3.8, 4) is 0 Å². The van der Waals surface area contributed by atoms with E-state index >= 15 is 0 Å². The summed E-state index contributed by atoms with van der Waals surface area (Å²) in [7, 11) is 1.32. The van der Waals surface area contributed by atoms with Crippen molar-refractivity contribution in [1.29, 1.82) is 0 Å². The van der Waals surface area contributed by atoms with Crippen LogP contribution in [0.4, 0.5) is 11.4 Å². The Balaban J connectivity index is 2.07. The topological polar surface area (TPSA) is 98.5 Å². The molecule has 0 fully saturated rings. The summed E-state index contributed by atoms with van der Waals surface area (Å²) in [5, 5.41) is 13.4. The number of methoxy groups -OCH3 is 1. The molecular weight excluding hydrogens is 332 g/mol. The fourth-order valence-electron chi connectivity index (χ4n) is 1.83. The van der Waals surface area contributed by atoms with Gasteiger partial charge < -0.3 is 10.1 Å². The molecule has 0 spiro atoms. The third-order valence-corrected chi connectivity index (χ3v) is 3.96. The second-order valence-electron chi connectivity index (χ2n) is 4.65. The normalized spacial score (nSPS) is 10.0. The monoisotopic (exact) mass is 346 g/mol. The lowest BCUT2D eigenvalue weighted by molar-refractivity contribution is -0.384. The van der Waals surface area contributed by atoms with Gasteiger partial charge in [-0.05, 0) is 24.3 Å². The predicted octanol–water partition coefficient (Wildman–Crippen LogP) is 3.11. The van der Waals surface area contributed by atoms with Crippen LogP contribution in [-0.4, -0.2) is 29.7 Å². The maximum atomic E-state index is 12.2. The fourth-order valence-corrected chi connectivity index (χ4v) is 2.62. The van der Waals surface area contributed by atoms with Crippen molar-refractivity contribution in [2.75, 3.05) is 18.2 Å². The number of thioether (sulfide) groups is 1. The second-order valence-corrected chi connectivity index (χ2v) is 5.70. The van der Waals surface area contributed by atoms with E-state index < -0.39 is 10.8 Å². The van der Waals surface area contributed by atoms with E-state index in [2.05, 4.69) is 10.1 Å². The SMILES string of the molecule is COC(=O)CSc1cccc(NC(=O)c2cccc([N+](=O)[O-])c2)c1. The van der Waals surface area contributed by atoms with E-state index in [0.717, 1.165) is 4.90 Å². The third-order valence-electron chi connectivity index (χ3n) is 3.00. The molecule has 0 aliphatic rings. The molecule has 2 aromatic rings. The first-order valence-corrected chi connectivity index (χ1v) is 7.83. The van der Waals surface area contributed by atoms with E-state index in [1.54, 1.807) is 24.3 Å². The number of carbonyl (C=O) groups is 2. The van der Waals surface area contributed by atoms with Crippen molar-refractivity contribution in [2.45, 2.75) is 4.90 Å². The van der Waals surface area contributed by atoms with E-state index in [-0.39, 0.29) is 23.0 Å². The average molecular weight is 346 g/mol. The molecule has 0 bridgehead atoms. The second kappa shape index (κ2) is 8.11. The number of nitrogens with zero attached hydrogens (tertiary/aromatic N) is 1. The number of esters is 1. The summed E-state index contributed by atoms with van der Waals surface area (Å²) in [4.78, 5) is 34.3. The molecule has 0 aliphatic heterocycles. The van der Waals surface area contributed by atoms with Gasteiger partial charge in [-0.1, -0.05) is 12.1 Å². The van der Waals surface area contributed by atoms with Gasteiger partial charge >= 0.3 is 5.97 Å². The zero-order valence-electron chi connectivity index (χ0n) is 12.7. The van der Waals surface area contributed by atoms with Crippen LogP contribution in [-0.2, 0) is 9.53 Å². The molecule has 1 amide bonds. The Labute approximate surface area is 142 Å². The smallest absolute Gasteiger partial charge is 0.315 e. The Morgan fingerprint density at radius 3 is 2.67 bits per heavy atom. The first-order chi connectivity index (χ1) is 11.5. The highest BCUT2D eigenvalue weighted by Crippen LogP contribution is 2.22. The number of ether oxygens (including phenoxy) is 1. The van der Waals surface area contributed by atoms with Crippen molar-refractivity contribution in [1.82, 2.24) is 0 Å². The van der Waals surface area contributed by atoms with Gasteiger partial charge in [-0.25, -0.2) is 0 Å². The van der Waals surface area contributed by atoms with Gasteiger partial charge in [0.05, 0.1) is 17.8 Å². The molecule has 24 heavy (non-hydrogen) atoms. The number of nitrogens with one attached hydrogen (secondary N) is 1. The first kappa shape index (κ1) is 17.5. The molecule has 0 saturated carbocycles. The van der Waals surface area contributed by atoms with Gasteiger partial charge in [0, 0.05) is 28.3 Å². The molecule has 0 saturated heterocycles. The van der Waals surface area contributed by atoms with Crippen molar-refractivity contribution < 1.29 is 19.2 Å². The van der Waals surface area contributed by atoms with Crippen LogP contribution in [0.15, 0.2) is 53.4 Å². The number of hydrogen-bond donors (Lipinski definition) is 1. The molecule has 2 aromatic carbocycles. The Morgan fingerprint density at radius 2 is 1.96 bits per heavy atom. The lowest BCUT2D eigenvalue weighted by atomic mass is 10.2. The van der Waals surface area contributed by atoms with Crippen LogP contribution in [0.5, 0.6) is 0 Å². The number of rotatable bonds is 6. The molecule has 8 heteroatoms. The molecule has 124 valence electrons. The van der Waals surface area contributed by atoms with Gasteiger partial charge in [-0.3, -0.25) is 19.7 Å². The van der Waals surface area contributed by atoms with E-state index in [9.17, 15) is 19.7 Å². The summed E-state index contributed by atoms with van der Waals surface area (Å²) in [6.45, 7) is 0. The van der Waals surface area contributed by atoms with E-state index in [4.69, 9.17) is 0 Å². The quantitative estimate of drug-likeness (QED) is 0.373. The number of anilines is 1. The van der Waals surface area contributed by atoms with Crippen LogP contribution < -0.4 is 5.32 Å². The summed E-state index contributed by atoms with van der Waals surface area (Å²) < 4.78 is 4.57. The maximum absolute atomic E-state index is 12.2. The lowest BCUT2D eigenvalue weighted by Gasteiger charge is -2.07. The molecule has 0 aromatic heterocycles. The van der Waals surface area contributed by atoms with E-state index in [1.165, 1.54) is 43.1 Å². The Bertz CT molecular complexity index is 779. The molecule has 2 rings (SSSR count). The Kier molecular flexibility index (Phi) is 5.91. The Hall–Kier alpha value is -2.87. The largest absolute Gasteiger partial charge is 0.468 e. The number of amides is 1. The van der Waals surface area contributed by atoms with Crippen LogP contribution in [0.2, 0.25) is 0 Å². The molecule has 0 heterocycles. The number of nitro benzene ring substituents is 1. The summed E-state index contributed by atoms with van der Waals surface area (Å²) >= 11 is 1.28. The molecule has 0 radical (unpaired) electrons. The molecule has 0 unspecified atom stereocenters. The summed E-state index contributed by atoms with van der Waals surface area (Å²) in [5.74, 6) is -0.626. The molecule has 0 aliphatic carbocycles. The van der Waals surface area contributed by atoms with Crippen LogP contribution in [0.25, 0.3) is 0 Å². The average Bonchev–Trinajstić information content (AvgIpc) is 2.60. The van der Waals surface area contributed by atoms with Crippen molar-refractivity contribution in [3.63, 3.8) is 0 Å². The summed E-state index contributed by atoms with van der Waals surface area (Å²) in [6.07, 6.45) is 0. The highest BCUT2D eigenvalue weighted by atomic mass is 32.2. The number of benzene rings is 2. The van der Waals surface area contributed by atoms with Gasteiger partial charge in [-0.2, -0.15) is 0 Å². The van der Waals surface area contributed by atoms with Crippen molar-refractivity contribution >= 4 is 35.0 Å². The predicted molar refractivity (Wildman–Crippen MR) is 90.2 cm³/mol. The Morgan fingerprint density at radius 1 is 1.21 bits per heavy atom. The minimum absolute atomic E-state index is 0.148. The summed E-state index contributed by atoms with van der Waals surface area (Å²) in [5.41, 5.74) is 0.572. The van der Waals surface area contributed by atoms with Crippen molar-refractivity contribution in [3.05, 3.63) is 64.2 Å². The number of carbonyl (C=O) groups excluding carboxylic acids is 2. The number of hydrogen-bond acceptors (Lipinski definition) is 6. The molecular formula is C16H14N2O5S. The van der Waals surface area contributed by atoms with Gasteiger partial charge in [0.1, 0.15) is 0 Å². The minimum Gasteiger partial charge on any atom is -0.468 e. The molecule has 7 nitrogen and oxygen atoms in total. The highest BCUT2D eigenvalue weighted by molar-refractivity contribution is 8.00. The van der Waals surface area contributed by atoms with Gasteiger partial charge in [0.15, 0.2) is 0 Å². The zero-order chi connectivity index (χ0) is 17.5. The van der Waals surface area contributed by atoms with Crippen LogP contribution >= 0.6 is 11.8 Å². The molecule has 0 atom stereocenters. The van der Waals surface area contributed by atoms with Gasteiger partial charge in [0.25, 0.3) is 11.6 Å². The van der Waals surface area contributed by atoms with Crippen molar-refractivity contribution in [2.24, 2.45) is 0 Å². The van der Waals surface area contributed by atoms with Crippen LogP contribution in [0.3, 0.4) is 0 Å². The third kappa shape index (κ3) is 4.82. The lowest BCUT2D eigenvalue weighted by Crippen LogP contribution is -2.12. The summed E-state index contributed by atoms with van der Waals surface area (Å²) in [6, 6.07) is 12.4.